The van der Waals surface area contributed by atoms with Gasteiger partial charge in [0.05, 0.1) is 12.8 Å². The summed E-state index contributed by atoms with van der Waals surface area (Å²) in [6.45, 7) is 0.472. The third-order valence-corrected chi connectivity index (χ3v) is 4.11. The Bertz CT molecular complexity index is 748. The summed E-state index contributed by atoms with van der Waals surface area (Å²) >= 11 is 1.37. The molecule has 0 aliphatic heterocycles. The van der Waals surface area contributed by atoms with E-state index in [-0.39, 0.29) is 5.91 Å². The number of hydrogen-bond donors (Lipinski definition) is 1. The quantitative estimate of drug-likeness (QED) is 0.788. The van der Waals surface area contributed by atoms with E-state index in [0.717, 1.165) is 11.3 Å². The van der Waals surface area contributed by atoms with E-state index in [1.807, 2.05) is 41.9 Å². The first kappa shape index (κ1) is 14.3. The van der Waals surface area contributed by atoms with Crippen LogP contribution in [0.25, 0.3) is 5.69 Å². The van der Waals surface area contributed by atoms with Crippen molar-refractivity contribution < 1.29 is 9.53 Å². The van der Waals surface area contributed by atoms with Crippen LogP contribution >= 0.6 is 11.3 Å². The molecule has 1 aromatic carbocycles. The number of ether oxygens (including phenoxy) is 1. The van der Waals surface area contributed by atoms with Gasteiger partial charge >= 0.3 is 0 Å². The summed E-state index contributed by atoms with van der Waals surface area (Å²) in [5.74, 6) is 0.486. The molecule has 112 valence electrons. The molecule has 1 N–H and O–H groups in total. The van der Waals surface area contributed by atoms with Gasteiger partial charge in [-0.1, -0.05) is 12.1 Å². The molecule has 0 saturated heterocycles. The Morgan fingerprint density at radius 2 is 2.14 bits per heavy atom. The summed E-state index contributed by atoms with van der Waals surface area (Å²) < 4.78 is 6.95. The predicted octanol–water partition coefficient (Wildman–Crippen LogP) is 2.87. The van der Waals surface area contributed by atoms with Crippen LogP contribution in [0, 0.1) is 0 Å². The SMILES string of the molecule is COc1ccsc1C(=O)NCc1ccc(-n2cccn2)cc1. The number of carbonyl (C=O) groups excluding carboxylic acids is 1. The summed E-state index contributed by atoms with van der Waals surface area (Å²) in [4.78, 5) is 12.7. The van der Waals surface area contributed by atoms with E-state index in [4.69, 9.17) is 4.74 Å². The number of amides is 1. The Morgan fingerprint density at radius 3 is 2.82 bits per heavy atom. The van der Waals surface area contributed by atoms with E-state index in [2.05, 4.69) is 10.4 Å². The zero-order valence-electron chi connectivity index (χ0n) is 12.0. The van der Waals surface area contributed by atoms with E-state index in [9.17, 15) is 4.79 Å². The fraction of sp³-hybridized carbons (Fsp3) is 0.125. The van der Waals surface area contributed by atoms with Crippen molar-refractivity contribution >= 4 is 17.2 Å². The molecule has 3 rings (SSSR count). The summed E-state index contributed by atoms with van der Waals surface area (Å²) in [6, 6.07) is 11.6. The van der Waals surface area contributed by atoms with E-state index in [0.29, 0.717) is 17.2 Å². The second-order valence-corrected chi connectivity index (χ2v) is 5.53. The lowest BCUT2D eigenvalue weighted by Gasteiger charge is -2.07. The molecule has 22 heavy (non-hydrogen) atoms. The zero-order valence-corrected chi connectivity index (χ0v) is 12.8. The van der Waals surface area contributed by atoms with Crippen LogP contribution in [0.15, 0.2) is 54.2 Å². The topological polar surface area (TPSA) is 56.1 Å². The van der Waals surface area contributed by atoms with Gasteiger partial charge < -0.3 is 10.1 Å². The summed E-state index contributed by atoms with van der Waals surface area (Å²) in [5.41, 5.74) is 2.01. The number of benzene rings is 1. The lowest BCUT2D eigenvalue weighted by molar-refractivity contribution is 0.0952. The Kier molecular flexibility index (Phi) is 4.20. The summed E-state index contributed by atoms with van der Waals surface area (Å²) in [7, 11) is 1.56. The number of hydrogen-bond acceptors (Lipinski definition) is 4. The molecular formula is C16H15N3O2S. The summed E-state index contributed by atoms with van der Waals surface area (Å²) in [5, 5.41) is 8.92. The standard InChI is InChI=1S/C16H15N3O2S/c1-21-14-7-10-22-15(14)16(20)17-11-12-3-5-13(6-4-12)19-9-2-8-18-19/h2-10H,11H2,1H3,(H,17,20). The predicted molar refractivity (Wildman–Crippen MR) is 85.6 cm³/mol. The molecule has 6 heteroatoms. The maximum atomic E-state index is 12.1. The Hall–Kier alpha value is -2.60. The van der Waals surface area contributed by atoms with Gasteiger partial charge in [0.25, 0.3) is 5.91 Å². The van der Waals surface area contributed by atoms with E-state index in [1.165, 1.54) is 11.3 Å². The maximum Gasteiger partial charge on any atom is 0.265 e. The van der Waals surface area contributed by atoms with Gasteiger partial charge in [-0.05, 0) is 35.2 Å². The van der Waals surface area contributed by atoms with Crippen LogP contribution in [0.4, 0.5) is 0 Å². The monoisotopic (exact) mass is 313 g/mol. The average Bonchev–Trinajstić information content (AvgIpc) is 3.24. The number of thiophene rings is 1. The van der Waals surface area contributed by atoms with Crippen molar-refractivity contribution in [3.8, 4) is 11.4 Å². The highest BCUT2D eigenvalue weighted by Gasteiger charge is 2.13. The zero-order chi connectivity index (χ0) is 15.4. The van der Waals surface area contributed by atoms with E-state index < -0.39 is 0 Å². The van der Waals surface area contributed by atoms with Crippen LogP contribution in [0.1, 0.15) is 15.2 Å². The van der Waals surface area contributed by atoms with Gasteiger partial charge in [0.15, 0.2) is 0 Å². The molecule has 3 aromatic rings. The molecule has 0 atom stereocenters. The van der Waals surface area contributed by atoms with Crippen LogP contribution in [0.5, 0.6) is 5.75 Å². The smallest absolute Gasteiger partial charge is 0.265 e. The maximum absolute atomic E-state index is 12.1. The van der Waals surface area contributed by atoms with Crippen LogP contribution in [-0.4, -0.2) is 22.8 Å². The number of nitrogens with one attached hydrogen (secondary N) is 1. The van der Waals surface area contributed by atoms with Crippen molar-refractivity contribution in [1.82, 2.24) is 15.1 Å². The van der Waals surface area contributed by atoms with Gasteiger partial charge in [-0.3, -0.25) is 4.79 Å². The van der Waals surface area contributed by atoms with Crippen LogP contribution < -0.4 is 10.1 Å². The van der Waals surface area contributed by atoms with Gasteiger partial charge in [-0.15, -0.1) is 11.3 Å². The fourth-order valence-electron chi connectivity index (χ4n) is 2.07. The second-order valence-electron chi connectivity index (χ2n) is 4.62. The average molecular weight is 313 g/mol. The highest BCUT2D eigenvalue weighted by molar-refractivity contribution is 7.12. The number of methoxy groups -OCH3 is 1. The highest BCUT2D eigenvalue weighted by atomic mass is 32.1. The number of aromatic nitrogens is 2. The Morgan fingerprint density at radius 1 is 1.32 bits per heavy atom. The lowest BCUT2D eigenvalue weighted by atomic mass is 10.2. The van der Waals surface area contributed by atoms with Crippen molar-refractivity contribution in [2.24, 2.45) is 0 Å². The van der Waals surface area contributed by atoms with Crippen molar-refractivity contribution in [2.75, 3.05) is 7.11 Å². The molecule has 0 aliphatic carbocycles. The normalized spacial score (nSPS) is 10.4. The van der Waals surface area contributed by atoms with Crippen molar-refractivity contribution in [2.45, 2.75) is 6.54 Å². The van der Waals surface area contributed by atoms with Crippen LogP contribution in [-0.2, 0) is 6.54 Å². The Balaban J connectivity index is 1.63. The minimum Gasteiger partial charge on any atom is -0.495 e. The third kappa shape index (κ3) is 3.01. The molecule has 0 spiro atoms. The molecular weight excluding hydrogens is 298 g/mol. The molecule has 0 fully saturated rings. The molecule has 1 amide bonds. The van der Waals surface area contributed by atoms with Gasteiger partial charge in [0, 0.05) is 18.9 Å². The highest BCUT2D eigenvalue weighted by Crippen LogP contribution is 2.24. The number of nitrogens with zero attached hydrogens (tertiary/aromatic N) is 2. The lowest BCUT2D eigenvalue weighted by Crippen LogP contribution is -2.22. The molecule has 5 nitrogen and oxygen atoms in total. The van der Waals surface area contributed by atoms with Crippen molar-refractivity contribution in [3.63, 3.8) is 0 Å². The number of carbonyl (C=O) groups is 1. The third-order valence-electron chi connectivity index (χ3n) is 3.21. The van der Waals surface area contributed by atoms with E-state index >= 15 is 0 Å². The minimum atomic E-state index is -0.122. The molecule has 0 unspecified atom stereocenters. The Labute approximate surface area is 132 Å². The van der Waals surface area contributed by atoms with Gasteiger partial charge in [-0.25, -0.2) is 4.68 Å². The van der Waals surface area contributed by atoms with E-state index in [1.54, 1.807) is 24.1 Å². The largest absolute Gasteiger partial charge is 0.495 e. The summed E-state index contributed by atoms with van der Waals surface area (Å²) in [6.07, 6.45) is 3.63. The van der Waals surface area contributed by atoms with Crippen molar-refractivity contribution in [3.05, 3.63) is 64.6 Å². The van der Waals surface area contributed by atoms with Crippen LogP contribution in [0.3, 0.4) is 0 Å². The molecule has 0 bridgehead atoms. The second kappa shape index (κ2) is 6.44. The van der Waals surface area contributed by atoms with Gasteiger partial charge in [0.2, 0.25) is 0 Å². The number of rotatable bonds is 5. The van der Waals surface area contributed by atoms with Crippen LogP contribution in [0.2, 0.25) is 0 Å². The van der Waals surface area contributed by atoms with Gasteiger partial charge in [-0.2, -0.15) is 5.10 Å². The minimum absolute atomic E-state index is 0.122. The molecule has 2 heterocycles. The first-order valence-corrected chi connectivity index (χ1v) is 7.64. The first-order valence-electron chi connectivity index (χ1n) is 6.76. The fourth-order valence-corrected chi connectivity index (χ4v) is 2.85. The van der Waals surface area contributed by atoms with Gasteiger partial charge in [0.1, 0.15) is 10.6 Å². The first-order chi connectivity index (χ1) is 10.8. The molecule has 0 aliphatic rings. The molecule has 0 saturated carbocycles. The van der Waals surface area contributed by atoms with Crippen molar-refractivity contribution in [1.29, 1.82) is 0 Å². The molecule has 0 radical (unpaired) electrons. The molecule has 2 aromatic heterocycles.